The van der Waals surface area contributed by atoms with E-state index in [1.54, 1.807) is 0 Å². The molecule has 0 aromatic carbocycles. The van der Waals surface area contributed by atoms with Crippen molar-refractivity contribution in [2.24, 2.45) is 5.92 Å². The molecule has 0 atom stereocenters. The Hall–Kier alpha value is -1.17. The number of amides is 1. The van der Waals surface area contributed by atoms with Crippen molar-refractivity contribution in [3.8, 4) is 11.8 Å². The average Bonchev–Trinajstić information content (AvgIpc) is 2.06. The first kappa shape index (κ1) is 8.92. The van der Waals surface area contributed by atoms with Crippen molar-refractivity contribution in [3.05, 3.63) is 0 Å². The van der Waals surface area contributed by atoms with Crippen molar-refractivity contribution in [1.82, 2.24) is 4.90 Å². The van der Waals surface area contributed by atoms with E-state index in [1.807, 2.05) is 6.92 Å². The van der Waals surface area contributed by atoms with Crippen LogP contribution in [-0.2, 0) is 0 Å². The van der Waals surface area contributed by atoms with Crippen LogP contribution >= 0.6 is 0 Å². The summed E-state index contributed by atoms with van der Waals surface area (Å²) in [6, 6.07) is 0. The molecule has 1 heterocycles. The summed E-state index contributed by atoms with van der Waals surface area (Å²) < 4.78 is 0. The summed E-state index contributed by atoms with van der Waals surface area (Å²) in [6.45, 7) is 3.09. The summed E-state index contributed by atoms with van der Waals surface area (Å²) in [5.41, 5.74) is 0. The highest BCUT2D eigenvalue weighted by atomic mass is 16.4. The molecule has 1 rings (SSSR count). The lowest BCUT2D eigenvalue weighted by molar-refractivity contribution is 0.130. The molecule has 3 heteroatoms. The number of carbonyl (C=O) groups is 1. The van der Waals surface area contributed by atoms with Gasteiger partial charge in [-0.05, 0) is 19.8 Å². The van der Waals surface area contributed by atoms with Crippen molar-refractivity contribution in [1.29, 1.82) is 0 Å². The van der Waals surface area contributed by atoms with Gasteiger partial charge in [0.05, 0.1) is 0 Å². The molecule has 1 aliphatic rings. The minimum atomic E-state index is -0.807. The minimum absolute atomic E-state index is 0.408. The Labute approximate surface area is 72.4 Å². The van der Waals surface area contributed by atoms with Crippen molar-refractivity contribution in [3.63, 3.8) is 0 Å². The number of nitrogens with zero attached hydrogens (tertiary/aromatic N) is 1. The van der Waals surface area contributed by atoms with E-state index in [9.17, 15) is 4.79 Å². The number of likely N-dealkylation sites (tertiary alicyclic amines) is 1. The van der Waals surface area contributed by atoms with Crippen LogP contribution in [0.3, 0.4) is 0 Å². The Balaban J connectivity index is 2.37. The molecule has 0 radical (unpaired) electrons. The van der Waals surface area contributed by atoms with Gasteiger partial charge in [-0.25, -0.2) is 4.79 Å². The van der Waals surface area contributed by atoms with Gasteiger partial charge in [0.25, 0.3) is 0 Å². The number of hydrogen-bond donors (Lipinski definition) is 1. The first-order valence-corrected chi connectivity index (χ1v) is 4.14. The maximum atomic E-state index is 10.5. The maximum absolute atomic E-state index is 10.5. The molecule has 1 aliphatic heterocycles. The van der Waals surface area contributed by atoms with E-state index in [0.717, 1.165) is 12.8 Å². The van der Waals surface area contributed by atoms with Gasteiger partial charge >= 0.3 is 6.09 Å². The van der Waals surface area contributed by atoms with Gasteiger partial charge in [-0.2, -0.15) is 0 Å². The summed E-state index contributed by atoms with van der Waals surface area (Å²) in [6.07, 6.45) is 0.957. The lowest BCUT2D eigenvalue weighted by Crippen LogP contribution is -2.37. The fraction of sp³-hybridized carbons (Fsp3) is 0.667. The second-order valence-electron chi connectivity index (χ2n) is 2.94. The fourth-order valence-corrected chi connectivity index (χ4v) is 1.42. The predicted molar refractivity (Wildman–Crippen MR) is 45.8 cm³/mol. The van der Waals surface area contributed by atoms with Gasteiger partial charge in [0.1, 0.15) is 0 Å². The predicted octanol–water partition coefficient (Wildman–Crippen LogP) is 1.40. The van der Waals surface area contributed by atoms with Crippen LogP contribution in [0.2, 0.25) is 0 Å². The van der Waals surface area contributed by atoms with Crippen LogP contribution in [0.4, 0.5) is 4.79 Å². The van der Waals surface area contributed by atoms with E-state index in [4.69, 9.17) is 5.11 Å². The molecule has 66 valence electrons. The number of hydrogen-bond acceptors (Lipinski definition) is 1. The molecule has 1 fully saturated rings. The molecule has 0 bridgehead atoms. The standard InChI is InChI=1S/C9H13NO2/c1-2-3-8-4-6-10(7-5-8)9(11)12/h8H,4-7H2,1H3,(H,11,12). The highest BCUT2D eigenvalue weighted by Gasteiger charge is 2.20. The van der Waals surface area contributed by atoms with Gasteiger partial charge < -0.3 is 10.0 Å². The van der Waals surface area contributed by atoms with Crippen molar-refractivity contribution < 1.29 is 9.90 Å². The summed E-state index contributed by atoms with van der Waals surface area (Å²) in [4.78, 5) is 12.0. The summed E-state index contributed by atoms with van der Waals surface area (Å²) in [5.74, 6) is 6.35. The maximum Gasteiger partial charge on any atom is 0.407 e. The van der Waals surface area contributed by atoms with Crippen LogP contribution in [0.1, 0.15) is 19.8 Å². The molecule has 1 saturated heterocycles. The summed E-state index contributed by atoms with van der Waals surface area (Å²) in [7, 11) is 0. The van der Waals surface area contributed by atoms with E-state index in [-0.39, 0.29) is 0 Å². The van der Waals surface area contributed by atoms with Crippen LogP contribution in [0.15, 0.2) is 0 Å². The molecule has 0 saturated carbocycles. The Morgan fingerprint density at radius 2 is 2.08 bits per heavy atom. The Kier molecular flexibility index (Phi) is 2.98. The lowest BCUT2D eigenvalue weighted by atomic mass is 9.98. The van der Waals surface area contributed by atoms with E-state index in [2.05, 4.69) is 11.8 Å². The molecule has 1 N–H and O–H groups in total. The zero-order chi connectivity index (χ0) is 8.97. The monoisotopic (exact) mass is 167 g/mol. The van der Waals surface area contributed by atoms with Crippen molar-refractivity contribution in [2.45, 2.75) is 19.8 Å². The molecular formula is C9H13NO2. The third-order valence-corrected chi connectivity index (χ3v) is 2.11. The first-order chi connectivity index (χ1) is 5.74. The molecule has 12 heavy (non-hydrogen) atoms. The minimum Gasteiger partial charge on any atom is -0.465 e. The largest absolute Gasteiger partial charge is 0.465 e. The summed E-state index contributed by atoms with van der Waals surface area (Å²) in [5, 5.41) is 8.64. The smallest absolute Gasteiger partial charge is 0.407 e. The van der Waals surface area contributed by atoms with E-state index >= 15 is 0 Å². The van der Waals surface area contributed by atoms with E-state index in [0.29, 0.717) is 19.0 Å². The first-order valence-electron chi connectivity index (χ1n) is 4.14. The van der Waals surface area contributed by atoms with Gasteiger partial charge in [-0.15, -0.1) is 11.8 Å². The van der Waals surface area contributed by atoms with E-state index < -0.39 is 6.09 Å². The molecule has 0 aromatic rings. The van der Waals surface area contributed by atoms with Gasteiger partial charge in [-0.1, -0.05) is 0 Å². The zero-order valence-corrected chi connectivity index (χ0v) is 7.21. The van der Waals surface area contributed by atoms with Gasteiger partial charge in [0.15, 0.2) is 0 Å². The average molecular weight is 167 g/mol. The van der Waals surface area contributed by atoms with Crippen molar-refractivity contribution >= 4 is 6.09 Å². The topological polar surface area (TPSA) is 40.5 Å². The SMILES string of the molecule is CC#CC1CCN(C(=O)O)CC1. The fourth-order valence-electron chi connectivity index (χ4n) is 1.42. The molecule has 3 nitrogen and oxygen atoms in total. The molecule has 0 aromatic heterocycles. The van der Waals surface area contributed by atoms with Crippen LogP contribution in [0.25, 0.3) is 0 Å². The highest BCUT2D eigenvalue weighted by Crippen LogP contribution is 2.15. The quantitative estimate of drug-likeness (QED) is 0.554. The molecule has 0 spiro atoms. The van der Waals surface area contributed by atoms with Gasteiger partial charge in [0.2, 0.25) is 0 Å². The molecular weight excluding hydrogens is 154 g/mol. The van der Waals surface area contributed by atoms with Crippen LogP contribution < -0.4 is 0 Å². The number of piperidine rings is 1. The van der Waals surface area contributed by atoms with Gasteiger partial charge in [0, 0.05) is 19.0 Å². The zero-order valence-electron chi connectivity index (χ0n) is 7.21. The number of rotatable bonds is 0. The summed E-state index contributed by atoms with van der Waals surface area (Å²) >= 11 is 0. The Morgan fingerprint density at radius 3 is 2.50 bits per heavy atom. The second kappa shape index (κ2) is 4.01. The van der Waals surface area contributed by atoms with Crippen molar-refractivity contribution in [2.75, 3.05) is 13.1 Å². The van der Waals surface area contributed by atoms with Gasteiger partial charge in [-0.3, -0.25) is 0 Å². The second-order valence-corrected chi connectivity index (χ2v) is 2.94. The Morgan fingerprint density at radius 1 is 1.50 bits per heavy atom. The molecule has 0 aliphatic carbocycles. The third-order valence-electron chi connectivity index (χ3n) is 2.11. The number of carboxylic acid groups (broad SMARTS) is 1. The third kappa shape index (κ3) is 2.16. The highest BCUT2D eigenvalue weighted by molar-refractivity contribution is 5.65. The van der Waals surface area contributed by atoms with Crippen LogP contribution in [0.5, 0.6) is 0 Å². The Bertz CT molecular complexity index is 218. The van der Waals surface area contributed by atoms with E-state index in [1.165, 1.54) is 4.90 Å². The van der Waals surface area contributed by atoms with Crippen LogP contribution in [0, 0.1) is 17.8 Å². The molecule has 1 amide bonds. The normalized spacial score (nSPS) is 18.2. The van der Waals surface area contributed by atoms with Crippen LogP contribution in [-0.4, -0.2) is 29.2 Å². The molecule has 0 unspecified atom stereocenters. The lowest BCUT2D eigenvalue weighted by Gasteiger charge is -2.27.